The lowest BCUT2D eigenvalue weighted by Crippen LogP contribution is -2.34. The van der Waals surface area contributed by atoms with Crippen LogP contribution >= 0.6 is 0 Å². The maximum atomic E-state index is 13.2. The second-order valence-electron chi connectivity index (χ2n) is 7.06. The summed E-state index contributed by atoms with van der Waals surface area (Å²) in [6.45, 7) is 4.17. The number of hydrogen-bond acceptors (Lipinski definition) is 3. The van der Waals surface area contributed by atoms with E-state index in [1.165, 1.54) is 11.1 Å². The van der Waals surface area contributed by atoms with Crippen molar-refractivity contribution in [3.8, 4) is 0 Å². The molecule has 0 bridgehead atoms. The topological polar surface area (TPSA) is 37.9 Å². The van der Waals surface area contributed by atoms with E-state index < -0.39 is 0 Å². The Labute approximate surface area is 146 Å². The SMILES string of the molecule is CC(C)c1nc2ccccc2c(=O)n1N1C2C=Cc3ccccc3C21. The van der Waals surface area contributed by atoms with Gasteiger partial charge >= 0.3 is 0 Å². The van der Waals surface area contributed by atoms with Crippen LogP contribution in [0.15, 0.2) is 59.4 Å². The van der Waals surface area contributed by atoms with Crippen LogP contribution in [0, 0.1) is 0 Å². The van der Waals surface area contributed by atoms with E-state index in [9.17, 15) is 4.79 Å². The van der Waals surface area contributed by atoms with Crippen molar-refractivity contribution in [2.24, 2.45) is 0 Å². The highest BCUT2D eigenvalue weighted by atomic mass is 16.1. The summed E-state index contributed by atoms with van der Waals surface area (Å²) >= 11 is 0. The molecule has 2 unspecified atom stereocenters. The van der Waals surface area contributed by atoms with Crippen molar-refractivity contribution in [1.29, 1.82) is 0 Å². The van der Waals surface area contributed by atoms with E-state index in [2.05, 4.69) is 55.3 Å². The van der Waals surface area contributed by atoms with Gasteiger partial charge in [-0.15, -0.1) is 0 Å². The first-order valence-electron chi connectivity index (χ1n) is 8.74. The van der Waals surface area contributed by atoms with E-state index in [0.717, 1.165) is 11.3 Å². The van der Waals surface area contributed by atoms with Gasteiger partial charge in [0.05, 0.1) is 23.0 Å². The van der Waals surface area contributed by atoms with Crippen LogP contribution in [0.4, 0.5) is 0 Å². The molecule has 1 aliphatic heterocycles. The Morgan fingerprint density at radius 3 is 2.64 bits per heavy atom. The fourth-order valence-corrected chi connectivity index (χ4v) is 3.89. The molecular weight excluding hydrogens is 310 g/mol. The second-order valence-corrected chi connectivity index (χ2v) is 7.06. The summed E-state index contributed by atoms with van der Waals surface area (Å²) in [7, 11) is 0. The van der Waals surface area contributed by atoms with Gasteiger partial charge in [-0.25, -0.2) is 9.66 Å². The van der Waals surface area contributed by atoms with Crippen LogP contribution in [0.3, 0.4) is 0 Å². The molecular formula is C21H19N3O. The van der Waals surface area contributed by atoms with Crippen molar-refractivity contribution in [1.82, 2.24) is 9.66 Å². The van der Waals surface area contributed by atoms with Crippen molar-refractivity contribution < 1.29 is 0 Å². The van der Waals surface area contributed by atoms with Gasteiger partial charge in [0, 0.05) is 5.92 Å². The molecule has 4 nitrogen and oxygen atoms in total. The Balaban J connectivity index is 1.73. The van der Waals surface area contributed by atoms with Gasteiger partial charge in [-0.2, -0.15) is 0 Å². The maximum Gasteiger partial charge on any atom is 0.280 e. The summed E-state index contributed by atoms with van der Waals surface area (Å²) < 4.78 is 1.81. The second kappa shape index (κ2) is 5.06. The van der Waals surface area contributed by atoms with E-state index in [1.54, 1.807) is 0 Å². The van der Waals surface area contributed by atoms with Gasteiger partial charge in [-0.1, -0.05) is 62.4 Å². The molecule has 5 rings (SSSR count). The fourth-order valence-electron chi connectivity index (χ4n) is 3.89. The molecule has 0 amide bonds. The smallest absolute Gasteiger partial charge is 0.280 e. The minimum Gasteiger partial charge on any atom is -0.289 e. The zero-order chi connectivity index (χ0) is 17.1. The lowest BCUT2D eigenvalue weighted by atomic mass is 9.98. The number of nitrogens with zero attached hydrogens (tertiary/aromatic N) is 3. The average Bonchev–Trinajstić information content (AvgIpc) is 3.36. The van der Waals surface area contributed by atoms with Gasteiger partial charge < -0.3 is 0 Å². The van der Waals surface area contributed by atoms with Crippen LogP contribution in [0.25, 0.3) is 17.0 Å². The molecule has 1 aliphatic carbocycles. The number of fused-ring (bicyclic) bond motifs is 4. The van der Waals surface area contributed by atoms with Crippen LogP contribution in [0.2, 0.25) is 0 Å². The molecule has 0 spiro atoms. The Bertz CT molecular complexity index is 1080. The third kappa shape index (κ3) is 2.00. The lowest BCUT2D eigenvalue weighted by molar-refractivity contribution is 0.634. The molecule has 2 heterocycles. The highest BCUT2D eigenvalue weighted by molar-refractivity contribution is 5.77. The zero-order valence-corrected chi connectivity index (χ0v) is 14.3. The minimum absolute atomic E-state index is 0.0228. The molecule has 124 valence electrons. The van der Waals surface area contributed by atoms with Crippen molar-refractivity contribution in [2.75, 3.05) is 5.01 Å². The molecule has 0 N–H and O–H groups in total. The van der Waals surface area contributed by atoms with E-state index >= 15 is 0 Å². The molecule has 2 atom stereocenters. The monoisotopic (exact) mass is 329 g/mol. The summed E-state index contributed by atoms with van der Waals surface area (Å²) in [6, 6.07) is 16.5. The number of para-hydroxylation sites is 1. The molecule has 25 heavy (non-hydrogen) atoms. The predicted molar refractivity (Wildman–Crippen MR) is 100 cm³/mol. The standard InChI is InChI=1S/C21H19N3O/c1-13(2)20-22-17-10-6-5-9-16(17)21(25)24(20)23-18-12-11-14-7-3-4-8-15(14)19(18)23/h3-13,18-19H,1-2H3. The Hall–Kier alpha value is -2.88. The maximum absolute atomic E-state index is 13.2. The molecule has 3 aromatic rings. The van der Waals surface area contributed by atoms with Crippen LogP contribution in [-0.4, -0.2) is 15.7 Å². The first kappa shape index (κ1) is 14.5. The summed E-state index contributed by atoms with van der Waals surface area (Å²) in [4.78, 5) is 18.1. The van der Waals surface area contributed by atoms with Crippen LogP contribution < -0.4 is 10.6 Å². The summed E-state index contributed by atoms with van der Waals surface area (Å²) in [6.07, 6.45) is 4.35. The highest BCUT2D eigenvalue weighted by Gasteiger charge is 2.51. The average molecular weight is 329 g/mol. The van der Waals surface area contributed by atoms with Crippen molar-refractivity contribution >= 4 is 17.0 Å². The van der Waals surface area contributed by atoms with Crippen molar-refractivity contribution in [3.63, 3.8) is 0 Å². The number of aromatic nitrogens is 2. The van der Waals surface area contributed by atoms with Crippen molar-refractivity contribution in [2.45, 2.75) is 31.8 Å². The third-order valence-electron chi connectivity index (χ3n) is 5.14. The Kier molecular flexibility index (Phi) is 2.93. The molecule has 0 saturated carbocycles. The fraction of sp³-hybridized carbons (Fsp3) is 0.238. The van der Waals surface area contributed by atoms with E-state index in [1.807, 2.05) is 28.9 Å². The van der Waals surface area contributed by atoms with Crippen LogP contribution in [-0.2, 0) is 0 Å². The van der Waals surface area contributed by atoms with E-state index in [4.69, 9.17) is 4.98 Å². The lowest BCUT2D eigenvalue weighted by Gasteiger charge is -2.18. The summed E-state index contributed by atoms with van der Waals surface area (Å²) in [5.74, 6) is 0.989. The van der Waals surface area contributed by atoms with Crippen LogP contribution in [0.1, 0.15) is 42.8 Å². The van der Waals surface area contributed by atoms with Gasteiger partial charge in [0.2, 0.25) is 0 Å². The number of benzene rings is 2. The molecule has 2 aromatic carbocycles. The number of hydrogen-bond donors (Lipinski definition) is 0. The molecule has 1 fully saturated rings. The minimum atomic E-state index is 0.0228. The van der Waals surface area contributed by atoms with Gasteiger partial charge in [0.1, 0.15) is 5.82 Å². The molecule has 1 saturated heterocycles. The quantitative estimate of drug-likeness (QED) is 0.674. The summed E-state index contributed by atoms with van der Waals surface area (Å²) in [5, 5.41) is 2.84. The molecule has 2 aliphatic rings. The van der Waals surface area contributed by atoms with E-state index in [-0.39, 0.29) is 23.6 Å². The van der Waals surface area contributed by atoms with Gasteiger partial charge in [-0.3, -0.25) is 9.80 Å². The predicted octanol–water partition coefficient (Wildman–Crippen LogP) is 3.61. The van der Waals surface area contributed by atoms with Crippen LogP contribution in [0.5, 0.6) is 0 Å². The third-order valence-corrected chi connectivity index (χ3v) is 5.14. The van der Waals surface area contributed by atoms with Gasteiger partial charge in [0.15, 0.2) is 0 Å². The largest absolute Gasteiger partial charge is 0.289 e. The first-order valence-corrected chi connectivity index (χ1v) is 8.74. The van der Waals surface area contributed by atoms with E-state index in [0.29, 0.717) is 5.39 Å². The zero-order valence-electron chi connectivity index (χ0n) is 14.3. The normalized spacial score (nSPS) is 20.7. The Morgan fingerprint density at radius 2 is 1.80 bits per heavy atom. The Morgan fingerprint density at radius 1 is 1.04 bits per heavy atom. The van der Waals surface area contributed by atoms with Crippen molar-refractivity contribution in [3.05, 3.63) is 81.9 Å². The van der Waals surface area contributed by atoms with Gasteiger partial charge in [0.25, 0.3) is 5.56 Å². The highest BCUT2D eigenvalue weighted by Crippen LogP contribution is 2.46. The van der Waals surface area contributed by atoms with Gasteiger partial charge in [-0.05, 0) is 23.3 Å². The molecule has 4 heteroatoms. The molecule has 1 aromatic heterocycles. The molecule has 0 radical (unpaired) electrons. The number of rotatable bonds is 2. The first-order chi connectivity index (χ1) is 12.2. The summed E-state index contributed by atoms with van der Waals surface area (Å²) in [5.41, 5.74) is 3.31.